The minimum absolute atomic E-state index is 0.170. The number of amides is 2. The summed E-state index contributed by atoms with van der Waals surface area (Å²) < 4.78 is 10.4. The predicted molar refractivity (Wildman–Crippen MR) is 128 cm³/mol. The first-order valence-electron chi connectivity index (χ1n) is 10.6. The Balaban J connectivity index is 1.71. The van der Waals surface area contributed by atoms with E-state index in [1.807, 2.05) is 68.4 Å². The number of methoxy groups -OCH3 is 2. The minimum Gasteiger partial charge on any atom is -0.497 e. The van der Waals surface area contributed by atoms with Gasteiger partial charge in [0, 0.05) is 5.69 Å². The van der Waals surface area contributed by atoms with Crippen molar-refractivity contribution in [1.82, 2.24) is 4.90 Å². The van der Waals surface area contributed by atoms with Gasteiger partial charge in [0.25, 0.3) is 11.8 Å². The number of nitrogens with one attached hydrogen (secondary N) is 1. The summed E-state index contributed by atoms with van der Waals surface area (Å²) in [6.07, 6.45) is 0. The molecule has 2 amide bonds. The molecule has 0 aromatic heterocycles. The Morgan fingerprint density at radius 3 is 1.94 bits per heavy atom. The Bertz CT molecular complexity index is 1230. The number of rotatable bonds is 7. The standard InChI is InChI=1S/C27H26N2O4/c1-17-5-8-20(15-18(17)2)24-25(28-21-9-13-23(33-4)14-10-21)27(31)29(26(24)30)16-19-6-11-22(32-3)12-7-19/h5-15,28H,16H2,1-4H3. The van der Waals surface area contributed by atoms with Gasteiger partial charge < -0.3 is 14.8 Å². The number of nitrogens with zero attached hydrogens (tertiary/aromatic N) is 1. The van der Waals surface area contributed by atoms with Crippen LogP contribution in [0, 0.1) is 13.8 Å². The van der Waals surface area contributed by atoms with E-state index in [0.717, 1.165) is 16.7 Å². The molecular formula is C27H26N2O4. The Morgan fingerprint density at radius 1 is 0.758 bits per heavy atom. The number of ether oxygens (including phenoxy) is 2. The van der Waals surface area contributed by atoms with Crippen molar-refractivity contribution in [2.45, 2.75) is 20.4 Å². The van der Waals surface area contributed by atoms with Crippen LogP contribution in [0.3, 0.4) is 0 Å². The molecule has 1 aliphatic rings. The van der Waals surface area contributed by atoms with Gasteiger partial charge in [-0.15, -0.1) is 0 Å². The van der Waals surface area contributed by atoms with Crippen molar-refractivity contribution in [1.29, 1.82) is 0 Å². The van der Waals surface area contributed by atoms with Crippen molar-refractivity contribution < 1.29 is 19.1 Å². The third-order valence-electron chi connectivity index (χ3n) is 5.82. The second-order valence-electron chi connectivity index (χ2n) is 7.95. The molecule has 0 fully saturated rings. The van der Waals surface area contributed by atoms with Gasteiger partial charge in [-0.25, -0.2) is 0 Å². The van der Waals surface area contributed by atoms with Crippen LogP contribution in [0.4, 0.5) is 5.69 Å². The molecule has 1 N–H and O–H groups in total. The average Bonchev–Trinajstić information content (AvgIpc) is 3.06. The van der Waals surface area contributed by atoms with Crippen molar-refractivity contribution in [3.05, 3.63) is 94.7 Å². The van der Waals surface area contributed by atoms with Crippen LogP contribution in [0.1, 0.15) is 22.3 Å². The lowest BCUT2D eigenvalue weighted by Crippen LogP contribution is -2.32. The molecule has 4 rings (SSSR count). The number of anilines is 1. The molecule has 0 spiro atoms. The Morgan fingerprint density at radius 2 is 1.36 bits per heavy atom. The zero-order chi connectivity index (χ0) is 23.5. The summed E-state index contributed by atoms with van der Waals surface area (Å²) in [4.78, 5) is 28.2. The second kappa shape index (κ2) is 9.20. The van der Waals surface area contributed by atoms with E-state index < -0.39 is 0 Å². The highest BCUT2D eigenvalue weighted by Gasteiger charge is 2.39. The molecule has 0 radical (unpaired) electrons. The normalized spacial score (nSPS) is 13.5. The summed E-state index contributed by atoms with van der Waals surface area (Å²) in [6, 6.07) is 20.4. The molecule has 0 bridgehead atoms. The number of carbonyl (C=O) groups excluding carboxylic acids is 2. The van der Waals surface area contributed by atoms with Gasteiger partial charge in [-0.2, -0.15) is 0 Å². The molecule has 1 aliphatic heterocycles. The van der Waals surface area contributed by atoms with Crippen molar-refractivity contribution >= 4 is 23.1 Å². The monoisotopic (exact) mass is 442 g/mol. The van der Waals surface area contributed by atoms with Crippen molar-refractivity contribution in [2.24, 2.45) is 0 Å². The lowest BCUT2D eigenvalue weighted by molar-refractivity contribution is -0.137. The van der Waals surface area contributed by atoms with Crippen LogP contribution in [-0.4, -0.2) is 30.9 Å². The molecule has 33 heavy (non-hydrogen) atoms. The molecule has 6 nitrogen and oxygen atoms in total. The average molecular weight is 443 g/mol. The van der Waals surface area contributed by atoms with E-state index >= 15 is 0 Å². The molecule has 1 heterocycles. The van der Waals surface area contributed by atoms with Crippen LogP contribution < -0.4 is 14.8 Å². The number of imide groups is 1. The molecular weight excluding hydrogens is 416 g/mol. The number of carbonyl (C=O) groups is 2. The molecule has 0 saturated heterocycles. The van der Waals surface area contributed by atoms with Crippen molar-refractivity contribution in [3.63, 3.8) is 0 Å². The summed E-state index contributed by atoms with van der Waals surface area (Å²) in [5.41, 5.74) is 5.05. The first kappa shape index (κ1) is 22.1. The van der Waals surface area contributed by atoms with Gasteiger partial charge in [-0.3, -0.25) is 14.5 Å². The number of aryl methyl sites for hydroxylation is 2. The second-order valence-corrected chi connectivity index (χ2v) is 7.95. The van der Waals surface area contributed by atoms with Gasteiger partial charge in [0.2, 0.25) is 0 Å². The molecule has 0 unspecified atom stereocenters. The first-order chi connectivity index (χ1) is 15.9. The molecule has 0 saturated carbocycles. The lowest BCUT2D eigenvalue weighted by atomic mass is 9.99. The fourth-order valence-corrected chi connectivity index (χ4v) is 3.73. The predicted octanol–water partition coefficient (Wildman–Crippen LogP) is 4.71. The maximum atomic E-state index is 13.5. The van der Waals surface area contributed by atoms with Crippen LogP contribution >= 0.6 is 0 Å². The van der Waals surface area contributed by atoms with Gasteiger partial charge in [0.05, 0.1) is 26.3 Å². The van der Waals surface area contributed by atoms with E-state index in [0.29, 0.717) is 28.3 Å². The fraction of sp³-hybridized carbons (Fsp3) is 0.185. The topological polar surface area (TPSA) is 67.9 Å². The number of benzene rings is 3. The lowest BCUT2D eigenvalue weighted by Gasteiger charge is -2.16. The van der Waals surface area contributed by atoms with E-state index in [9.17, 15) is 9.59 Å². The fourth-order valence-electron chi connectivity index (χ4n) is 3.73. The van der Waals surface area contributed by atoms with Gasteiger partial charge in [0.15, 0.2) is 0 Å². The zero-order valence-electron chi connectivity index (χ0n) is 19.1. The molecule has 0 atom stereocenters. The molecule has 168 valence electrons. The maximum Gasteiger partial charge on any atom is 0.278 e. The smallest absolute Gasteiger partial charge is 0.278 e. The van der Waals surface area contributed by atoms with E-state index in [1.54, 1.807) is 26.4 Å². The van der Waals surface area contributed by atoms with Gasteiger partial charge >= 0.3 is 0 Å². The maximum absolute atomic E-state index is 13.5. The van der Waals surface area contributed by atoms with E-state index in [1.165, 1.54) is 4.90 Å². The van der Waals surface area contributed by atoms with Crippen LogP contribution in [0.15, 0.2) is 72.4 Å². The number of hydrogen-bond acceptors (Lipinski definition) is 5. The quantitative estimate of drug-likeness (QED) is 0.537. The van der Waals surface area contributed by atoms with E-state index in [-0.39, 0.29) is 24.1 Å². The molecule has 3 aromatic rings. The third kappa shape index (κ3) is 4.46. The molecule has 6 heteroatoms. The SMILES string of the molecule is COc1ccc(CN2C(=O)C(Nc3ccc(OC)cc3)=C(c3ccc(C)c(C)c3)C2=O)cc1. The van der Waals surface area contributed by atoms with Crippen LogP contribution in [0.25, 0.3) is 5.57 Å². The summed E-state index contributed by atoms with van der Waals surface area (Å²) in [5.74, 6) is 0.738. The van der Waals surface area contributed by atoms with Gasteiger partial charge in [-0.05, 0) is 72.5 Å². The highest BCUT2D eigenvalue weighted by atomic mass is 16.5. The molecule has 0 aliphatic carbocycles. The van der Waals surface area contributed by atoms with Crippen molar-refractivity contribution in [3.8, 4) is 11.5 Å². The Kier molecular flexibility index (Phi) is 6.18. The summed E-state index contributed by atoms with van der Waals surface area (Å²) in [6.45, 7) is 4.18. The van der Waals surface area contributed by atoms with E-state index in [4.69, 9.17) is 9.47 Å². The summed E-state index contributed by atoms with van der Waals surface area (Å²) in [7, 11) is 3.19. The van der Waals surface area contributed by atoms with Crippen molar-refractivity contribution in [2.75, 3.05) is 19.5 Å². The van der Waals surface area contributed by atoms with E-state index in [2.05, 4.69) is 5.32 Å². The summed E-state index contributed by atoms with van der Waals surface area (Å²) >= 11 is 0. The number of hydrogen-bond donors (Lipinski definition) is 1. The molecule has 3 aromatic carbocycles. The minimum atomic E-state index is -0.361. The Labute approximate surface area is 193 Å². The largest absolute Gasteiger partial charge is 0.497 e. The first-order valence-corrected chi connectivity index (χ1v) is 10.6. The highest BCUT2D eigenvalue weighted by Crippen LogP contribution is 2.33. The third-order valence-corrected chi connectivity index (χ3v) is 5.82. The van der Waals surface area contributed by atoms with Crippen LogP contribution in [0.5, 0.6) is 11.5 Å². The summed E-state index contributed by atoms with van der Waals surface area (Å²) in [5, 5.41) is 3.18. The van der Waals surface area contributed by atoms with Crippen LogP contribution in [-0.2, 0) is 16.1 Å². The zero-order valence-corrected chi connectivity index (χ0v) is 19.1. The van der Waals surface area contributed by atoms with Gasteiger partial charge in [-0.1, -0.05) is 30.3 Å². The van der Waals surface area contributed by atoms with Gasteiger partial charge in [0.1, 0.15) is 17.2 Å². The highest BCUT2D eigenvalue weighted by molar-refractivity contribution is 6.36. The Hall–Kier alpha value is -4.06. The van der Waals surface area contributed by atoms with Crippen LogP contribution in [0.2, 0.25) is 0 Å².